The summed E-state index contributed by atoms with van der Waals surface area (Å²) in [5.74, 6) is -0.363. The number of esters is 1. The van der Waals surface area contributed by atoms with Gasteiger partial charge >= 0.3 is 5.97 Å². The number of carbonyl (C=O) groups excluding carboxylic acids is 2. The predicted octanol–water partition coefficient (Wildman–Crippen LogP) is 1.39. The van der Waals surface area contributed by atoms with Crippen LogP contribution in [-0.2, 0) is 27.5 Å². The van der Waals surface area contributed by atoms with E-state index in [4.69, 9.17) is 4.74 Å². The van der Waals surface area contributed by atoms with Crippen molar-refractivity contribution in [1.82, 2.24) is 5.32 Å². The Morgan fingerprint density at radius 3 is 2.56 bits per heavy atom. The summed E-state index contributed by atoms with van der Waals surface area (Å²) >= 11 is 0. The quantitative estimate of drug-likeness (QED) is 0.781. The molecule has 0 atom stereocenters. The molecule has 1 N–H and O–H groups in total. The Kier molecular flexibility index (Phi) is 4.51. The molecule has 86 valence electrons. The van der Waals surface area contributed by atoms with E-state index >= 15 is 0 Å². The summed E-state index contributed by atoms with van der Waals surface area (Å²) in [7, 11) is 0. The number of hydrogen-bond acceptors (Lipinski definition) is 3. The van der Waals surface area contributed by atoms with Crippen LogP contribution in [0, 0.1) is 0 Å². The summed E-state index contributed by atoms with van der Waals surface area (Å²) in [6.45, 7) is 3.61. The zero-order chi connectivity index (χ0) is 12.0. The monoisotopic (exact) mass is 221 g/mol. The third-order valence-corrected chi connectivity index (χ3v) is 1.97. The summed E-state index contributed by atoms with van der Waals surface area (Å²) in [5, 5.41) is 2.71. The first-order valence-corrected chi connectivity index (χ1v) is 5.03. The van der Waals surface area contributed by atoms with Crippen LogP contribution in [0.15, 0.2) is 24.3 Å². The normalized spacial score (nSPS) is 9.62. The molecule has 1 aromatic carbocycles. The molecule has 1 aromatic rings. The van der Waals surface area contributed by atoms with Gasteiger partial charge in [-0.2, -0.15) is 0 Å². The molecule has 0 aliphatic heterocycles. The summed E-state index contributed by atoms with van der Waals surface area (Å²) in [6.07, 6.45) is 0. The zero-order valence-corrected chi connectivity index (χ0v) is 9.45. The van der Waals surface area contributed by atoms with Gasteiger partial charge < -0.3 is 10.1 Å². The average Bonchev–Trinajstić information content (AvgIpc) is 2.24. The van der Waals surface area contributed by atoms with Crippen molar-refractivity contribution in [3.05, 3.63) is 35.4 Å². The van der Waals surface area contributed by atoms with Crippen LogP contribution in [0.1, 0.15) is 25.0 Å². The van der Waals surface area contributed by atoms with Gasteiger partial charge in [-0.15, -0.1) is 0 Å². The maximum absolute atomic E-state index is 10.7. The maximum atomic E-state index is 10.7. The minimum Gasteiger partial charge on any atom is -0.461 e. The van der Waals surface area contributed by atoms with E-state index < -0.39 is 0 Å². The molecule has 0 saturated heterocycles. The molecule has 0 heterocycles. The van der Waals surface area contributed by atoms with E-state index in [0.717, 1.165) is 11.1 Å². The van der Waals surface area contributed by atoms with E-state index in [2.05, 4.69) is 5.32 Å². The Bertz CT molecular complexity index is 354. The van der Waals surface area contributed by atoms with Crippen LogP contribution < -0.4 is 5.32 Å². The van der Waals surface area contributed by atoms with Gasteiger partial charge in [-0.3, -0.25) is 9.59 Å². The lowest BCUT2D eigenvalue weighted by Crippen LogP contribution is -2.18. The van der Waals surface area contributed by atoms with Gasteiger partial charge in [-0.25, -0.2) is 0 Å². The van der Waals surface area contributed by atoms with Crippen LogP contribution in [0.25, 0.3) is 0 Å². The van der Waals surface area contributed by atoms with Crippen LogP contribution >= 0.6 is 0 Å². The highest BCUT2D eigenvalue weighted by atomic mass is 16.5. The van der Waals surface area contributed by atoms with E-state index in [-0.39, 0.29) is 18.5 Å². The smallest absolute Gasteiger partial charge is 0.302 e. The van der Waals surface area contributed by atoms with Crippen LogP contribution in [0.4, 0.5) is 0 Å². The van der Waals surface area contributed by atoms with Crippen LogP contribution in [0.5, 0.6) is 0 Å². The third kappa shape index (κ3) is 4.59. The lowest BCUT2D eigenvalue weighted by atomic mass is 10.1. The van der Waals surface area contributed by atoms with Crippen molar-refractivity contribution in [1.29, 1.82) is 0 Å². The number of nitrogens with one attached hydrogen (secondary N) is 1. The Morgan fingerprint density at radius 2 is 1.94 bits per heavy atom. The van der Waals surface area contributed by atoms with Crippen molar-refractivity contribution in [2.24, 2.45) is 0 Å². The van der Waals surface area contributed by atoms with Crippen molar-refractivity contribution in [3.63, 3.8) is 0 Å². The molecule has 16 heavy (non-hydrogen) atoms. The highest BCUT2D eigenvalue weighted by Crippen LogP contribution is 2.06. The van der Waals surface area contributed by atoms with E-state index in [0.29, 0.717) is 6.54 Å². The first-order chi connectivity index (χ1) is 7.58. The lowest BCUT2D eigenvalue weighted by Gasteiger charge is -2.06. The lowest BCUT2D eigenvalue weighted by molar-refractivity contribution is -0.142. The van der Waals surface area contributed by atoms with Gasteiger partial charge in [0.1, 0.15) is 6.61 Å². The SMILES string of the molecule is CC(=O)NCc1cccc(COC(C)=O)c1. The molecule has 1 amide bonds. The molecule has 0 bridgehead atoms. The Balaban J connectivity index is 2.56. The van der Waals surface area contributed by atoms with E-state index in [9.17, 15) is 9.59 Å². The second-order valence-corrected chi connectivity index (χ2v) is 3.51. The van der Waals surface area contributed by atoms with Gasteiger partial charge in [-0.1, -0.05) is 24.3 Å². The Hall–Kier alpha value is -1.84. The molecule has 0 radical (unpaired) electrons. The highest BCUT2D eigenvalue weighted by molar-refractivity contribution is 5.72. The second-order valence-electron chi connectivity index (χ2n) is 3.51. The fourth-order valence-corrected chi connectivity index (χ4v) is 1.24. The standard InChI is InChI=1S/C12H15NO3/c1-9(14)13-7-11-4-3-5-12(6-11)8-16-10(2)15/h3-6H,7-8H2,1-2H3,(H,13,14). The van der Waals surface area contributed by atoms with E-state index in [1.807, 2.05) is 24.3 Å². The number of amides is 1. The van der Waals surface area contributed by atoms with Gasteiger partial charge in [0.05, 0.1) is 0 Å². The number of ether oxygens (including phenoxy) is 1. The number of carbonyl (C=O) groups is 2. The molecular weight excluding hydrogens is 206 g/mol. The molecule has 0 aliphatic rings. The molecule has 0 saturated carbocycles. The largest absolute Gasteiger partial charge is 0.461 e. The van der Waals surface area contributed by atoms with Gasteiger partial charge in [0.25, 0.3) is 0 Å². The summed E-state index contributed by atoms with van der Waals surface area (Å²) in [6, 6.07) is 7.56. The Labute approximate surface area is 94.6 Å². The molecular formula is C12H15NO3. The highest BCUT2D eigenvalue weighted by Gasteiger charge is 1.99. The molecule has 1 rings (SSSR count). The first-order valence-electron chi connectivity index (χ1n) is 5.03. The number of benzene rings is 1. The summed E-state index contributed by atoms with van der Waals surface area (Å²) in [5.41, 5.74) is 1.90. The Morgan fingerprint density at radius 1 is 1.25 bits per heavy atom. The molecule has 0 fully saturated rings. The fraction of sp³-hybridized carbons (Fsp3) is 0.333. The van der Waals surface area contributed by atoms with Crippen molar-refractivity contribution in [2.75, 3.05) is 0 Å². The maximum Gasteiger partial charge on any atom is 0.302 e. The zero-order valence-electron chi connectivity index (χ0n) is 9.45. The second kappa shape index (κ2) is 5.90. The van der Waals surface area contributed by atoms with Gasteiger partial charge in [0.2, 0.25) is 5.91 Å². The molecule has 0 unspecified atom stereocenters. The van der Waals surface area contributed by atoms with Crippen LogP contribution in [0.3, 0.4) is 0 Å². The summed E-state index contributed by atoms with van der Waals surface area (Å²) in [4.78, 5) is 21.4. The number of hydrogen-bond donors (Lipinski definition) is 1. The number of rotatable bonds is 4. The predicted molar refractivity (Wildman–Crippen MR) is 59.4 cm³/mol. The molecule has 0 aliphatic carbocycles. The van der Waals surface area contributed by atoms with Crippen molar-refractivity contribution >= 4 is 11.9 Å². The molecule has 4 heteroatoms. The van der Waals surface area contributed by atoms with E-state index in [1.165, 1.54) is 13.8 Å². The van der Waals surface area contributed by atoms with Crippen LogP contribution in [0.2, 0.25) is 0 Å². The van der Waals surface area contributed by atoms with Gasteiger partial charge in [0, 0.05) is 20.4 Å². The van der Waals surface area contributed by atoms with Crippen LogP contribution in [-0.4, -0.2) is 11.9 Å². The van der Waals surface area contributed by atoms with Crippen molar-refractivity contribution in [2.45, 2.75) is 27.0 Å². The molecule has 0 spiro atoms. The molecule has 0 aromatic heterocycles. The van der Waals surface area contributed by atoms with Crippen molar-refractivity contribution < 1.29 is 14.3 Å². The van der Waals surface area contributed by atoms with E-state index in [1.54, 1.807) is 0 Å². The third-order valence-electron chi connectivity index (χ3n) is 1.97. The fourth-order valence-electron chi connectivity index (χ4n) is 1.24. The molecule has 4 nitrogen and oxygen atoms in total. The topological polar surface area (TPSA) is 55.4 Å². The minimum atomic E-state index is -0.299. The minimum absolute atomic E-state index is 0.0645. The van der Waals surface area contributed by atoms with Crippen molar-refractivity contribution in [3.8, 4) is 0 Å². The van der Waals surface area contributed by atoms with Gasteiger partial charge in [-0.05, 0) is 11.1 Å². The summed E-state index contributed by atoms with van der Waals surface area (Å²) < 4.78 is 4.88. The first kappa shape index (κ1) is 12.2. The average molecular weight is 221 g/mol. The van der Waals surface area contributed by atoms with Gasteiger partial charge in [0.15, 0.2) is 0 Å².